The predicted molar refractivity (Wildman–Crippen MR) is 86.5 cm³/mol. The molecule has 0 aromatic heterocycles. The molecule has 0 atom stereocenters. The van der Waals surface area contributed by atoms with Gasteiger partial charge in [0.05, 0.1) is 12.3 Å². The number of anilines is 1. The van der Waals surface area contributed by atoms with E-state index in [2.05, 4.69) is 10.6 Å². The summed E-state index contributed by atoms with van der Waals surface area (Å²) in [6, 6.07) is 13.0. The molecule has 4 nitrogen and oxygen atoms in total. The molecule has 2 aromatic rings. The molecule has 0 bridgehead atoms. The quantitative estimate of drug-likeness (QED) is 0.702. The molecule has 7 heteroatoms. The van der Waals surface area contributed by atoms with Gasteiger partial charge in [-0.05, 0) is 23.3 Å². The highest BCUT2D eigenvalue weighted by atomic mass is 32.2. The molecular formula is C16H16F2N2O2S. The minimum Gasteiger partial charge on any atom is -0.392 e. The molecular weight excluding hydrogens is 322 g/mol. The van der Waals surface area contributed by atoms with E-state index in [0.29, 0.717) is 22.3 Å². The van der Waals surface area contributed by atoms with Gasteiger partial charge in [0.1, 0.15) is 0 Å². The summed E-state index contributed by atoms with van der Waals surface area (Å²) in [5.74, 6) is -2.56. The number of aliphatic hydroxyl groups is 1. The first-order valence-corrected chi connectivity index (χ1v) is 7.74. The highest BCUT2D eigenvalue weighted by Gasteiger charge is 2.11. The van der Waals surface area contributed by atoms with Crippen LogP contribution in [0.25, 0.3) is 0 Å². The molecule has 0 radical (unpaired) electrons. The Bertz CT molecular complexity index is 668. The van der Waals surface area contributed by atoms with Gasteiger partial charge >= 0.3 is 6.03 Å². The predicted octanol–water partition coefficient (Wildman–Crippen LogP) is 3.82. The highest BCUT2D eigenvalue weighted by Crippen LogP contribution is 2.31. The first-order chi connectivity index (χ1) is 11.1. The molecule has 23 heavy (non-hydrogen) atoms. The van der Waals surface area contributed by atoms with E-state index >= 15 is 0 Å². The zero-order chi connectivity index (χ0) is 16.7. The van der Waals surface area contributed by atoms with Crippen LogP contribution in [0.5, 0.6) is 0 Å². The molecule has 0 aliphatic carbocycles. The second kappa shape index (κ2) is 8.50. The Labute approximate surface area is 136 Å². The van der Waals surface area contributed by atoms with Gasteiger partial charge < -0.3 is 15.7 Å². The molecule has 0 aliphatic heterocycles. The van der Waals surface area contributed by atoms with Crippen LogP contribution in [0.3, 0.4) is 0 Å². The van der Waals surface area contributed by atoms with Crippen molar-refractivity contribution >= 4 is 23.5 Å². The van der Waals surface area contributed by atoms with Crippen molar-refractivity contribution in [3.05, 3.63) is 59.7 Å². The Morgan fingerprint density at radius 1 is 1.09 bits per heavy atom. The van der Waals surface area contributed by atoms with Gasteiger partial charge in [0.25, 0.3) is 5.76 Å². The molecule has 2 rings (SSSR count). The van der Waals surface area contributed by atoms with Crippen LogP contribution in [-0.4, -0.2) is 16.9 Å². The summed E-state index contributed by atoms with van der Waals surface area (Å²) in [6.07, 6.45) is 0. The number of carbonyl (C=O) groups excluding carboxylic acids is 1. The van der Waals surface area contributed by atoms with Crippen LogP contribution in [0.4, 0.5) is 19.3 Å². The maximum atomic E-state index is 12.5. The number of thioether (sulfide) groups is 1. The SMILES string of the molecule is O=C(NCc1ccccc1CO)Nc1ccccc1SC(F)F. The van der Waals surface area contributed by atoms with Gasteiger partial charge in [-0.2, -0.15) is 8.78 Å². The smallest absolute Gasteiger partial charge is 0.319 e. The number of nitrogens with one attached hydrogen (secondary N) is 2. The van der Waals surface area contributed by atoms with E-state index in [9.17, 15) is 18.7 Å². The number of hydrogen-bond donors (Lipinski definition) is 3. The molecule has 0 unspecified atom stereocenters. The Hall–Kier alpha value is -2.12. The normalized spacial score (nSPS) is 10.6. The van der Waals surface area contributed by atoms with Crippen LogP contribution in [0, 0.1) is 0 Å². The highest BCUT2D eigenvalue weighted by molar-refractivity contribution is 7.99. The Morgan fingerprint density at radius 2 is 1.74 bits per heavy atom. The third-order valence-corrected chi connectivity index (χ3v) is 3.87. The number of carbonyl (C=O) groups is 1. The van der Waals surface area contributed by atoms with Gasteiger partial charge in [0.15, 0.2) is 0 Å². The average molecular weight is 338 g/mol. The van der Waals surface area contributed by atoms with Crippen molar-refractivity contribution in [1.29, 1.82) is 0 Å². The van der Waals surface area contributed by atoms with Crippen LogP contribution in [-0.2, 0) is 13.2 Å². The van der Waals surface area contributed by atoms with Gasteiger partial charge in [-0.1, -0.05) is 48.2 Å². The number of halogens is 2. The Kier molecular flexibility index (Phi) is 6.37. The van der Waals surface area contributed by atoms with Crippen LogP contribution in [0.2, 0.25) is 0 Å². The number of urea groups is 1. The summed E-state index contributed by atoms with van der Waals surface area (Å²) in [5, 5.41) is 14.4. The standard InChI is InChI=1S/C16H16F2N2O2S/c17-15(18)23-14-8-4-3-7-13(14)20-16(22)19-9-11-5-1-2-6-12(11)10-21/h1-8,15,21H,9-10H2,(H2,19,20,22). The molecule has 2 amide bonds. The lowest BCUT2D eigenvalue weighted by molar-refractivity contribution is 0.250. The van der Waals surface area contributed by atoms with Gasteiger partial charge in [-0.3, -0.25) is 0 Å². The van der Waals surface area contributed by atoms with E-state index < -0.39 is 11.8 Å². The van der Waals surface area contributed by atoms with Crippen LogP contribution >= 0.6 is 11.8 Å². The van der Waals surface area contributed by atoms with E-state index in [1.807, 2.05) is 6.07 Å². The lowest BCUT2D eigenvalue weighted by Crippen LogP contribution is -2.28. The van der Waals surface area contributed by atoms with Crippen molar-refractivity contribution in [1.82, 2.24) is 5.32 Å². The minimum atomic E-state index is -2.56. The molecule has 0 aliphatic rings. The maximum Gasteiger partial charge on any atom is 0.319 e. The van der Waals surface area contributed by atoms with E-state index in [1.165, 1.54) is 6.07 Å². The fraction of sp³-hybridized carbons (Fsp3) is 0.188. The molecule has 0 fully saturated rings. The summed E-state index contributed by atoms with van der Waals surface area (Å²) in [6.45, 7) is 0.111. The third-order valence-electron chi connectivity index (χ3n) is 3.08. The Balaban J connectivity index is 1.97. The number of aliphatic hydroxyl groups excluding tert-OH is 1. The molecule has 122 valence electrons. The summed E-state index contributed by atoms with van der Waals surface area (Å²) >= 11 is 0.379. The topological polar surface area (TPSA) is 61.4 Å². The Morgan fingerprint density at radius 3 is 2.43 bits per heavy atom. The van der Waals surface area contributed by atoms with Crippen molar-refractivity contribution in [2.75, 3.05) is 5.32 Å². The number of alkyl halides is 2. The monoisotopic (exact) mass is 338 g/mol. The second-order valence-corrected chi connectivity index (χ2v) is 5.64. The lowest BCUT2D eigenvalue weighted by atomic mass is 10.1. The second-order valence-electron chi connectivity index (χ2n) is 4.61. The number of amides is 2. The van der Waals surface area contributed by atoms with Gasteiger partial charge in [0.2, 0.25) is 0 Å². The van der Waals surface area contributed by atoms with Crippen LogP contribution < -0.4 is 10.6 Å². The average Bonchev–Trinajstić information content (AvgIpc) is 2.54. The van der Waals surface area contributed by atoms with Crippen LogP contribution in [0.15, 0.2) is 53.4 Å². The largest absolute Gasteiger partial charge is 0.392 e. The van der Waals surface area contributed by atoms with Crippen molar-refractivity contribution in [3.8, 4) is 0 Å². The van der Waals surface area contributed by atoms with Crippen molar-refractivity contribution in [2.45, 2.75) is 23.8 Å². The molecule has 0 spiro atoms. The molecule has 0 saturated carbocycles. The van der Waals surface area contributed by atoms with Crippen molar-refractivity contribution < 1.29 is 18.7 Å². The van der Waals surface area contributed by atoms with Gasteiger partial charge in [0, 0.05) is 11.4 Å². The molecule has 2 aromatic carbocycles. The summed E-state index contributed by atoms with van der Waals surface area (Å²) in [5.41, 5.74) is 1.84. The van der Waals surface area contributed by atoms with Gasteiger partial charge in [-0.15, -0.1) is 0 Å². The third kappa shape index (κ3) is 5.22. The summed E-state index contributed by atoms with van der Waals surface area (Å²) in [7, 11) is 0. The molecule has 0 heterocycles. The van der Waals surface area contributed by atoms with E-state index in [-0.39, 0.29) is 13.2 Å². The van der Waals surface area contributed by atoms with Crippen molar-refractivity contribution in [2.24, 2.45) is 0 Å². The van der Waals surface area contributed by atoms with Gasteiger partial charge in [-0.25, -0.2) is 4.79 Å². The van der Waals surface area contributed by atoms with E-state index in [0.717, 1.165) is 11.1 Å². The fourth-order valence-electron chi connectivity index (χ4n) is 1.99. The summed E-state index contributed by atoms with van der Waals surface area (Å²) < 4.78 is 25.0. The minimum absolute atomic E-state index is 0.118. The van der Waals surface area contributed by atoms with Crippen LogP contribution in [0.1, 0.15) is 11.1 Å². The number of para-hydroxylation sites is 1. The first kappa shape index (κ1) is 17.2. The number of benzene rings is 2. The number of hydrogen-bond acceptors (Lipinski definition) is 3. The zero-order valence-electron chi connectivity index (χ0n) is 12.1. The van der Waals surface area contributed by atoms with E-state index in [4.69, 9.17) is 0 Å². The fourth-order valence-corrected chi connectivity index (χ4v) is 2.59. The lowest BCUT2D eigenvalue weighted by Gasteiger charge is -2.12. The van der Waals surface area contributed by atoms with E-state index in [1.54, 1.807) is 36.4 Å². The maximum absolute atomic E-state index is 12.5. The first-order valence-electron chi connectivity index (χ1n) is 6.86. The summed E-state index contributed by atoms with van der Waals surface area (Å²) in [4.78, 5) is 12.2. The zero-order valence-corrected chi connectivity index (χ0v) is 12.9. The molecule has 3 N–H and O–H groups in total. The van der Waals surface area contributed by atoms with Crippen molar-refractivity contribution in [3.63, 3.8) is 0 Å². The molecule has 0 saturated heterocycles. The number of rotatable bonds is 6.